The maximum absolute atomic E-state index is 12.2. The maximum atomic E-state index is 12.2. The minimum atomic E-state index is -1.06. The fourth-order valence-electron chi connectivity index (χ4n) is 5.00. The fraction of sp³-hybridized carbons (Fsp3) is 0.409. The first-order chi connectivity index (χ1) is 12.4. The van der Waals surface area contributed by atoms with Crippen LogP contribution < -0.4 is 4.74 Å². The highest BCUT2D eigenvalue weighted by atomic mass is 16.5. The Hall–Kier alpha value is -2.35. The molecule has 4 nitrogen and oxygen atoms in total. The number of aliphatic hydroxyl groups is 1. The Labute approximate surface area is 154 Å². The van der Waals surface area contributed by atoms with Gasteiger partial charge in [0.05, 0.1) is 18.7 Å². The van der Waals surface area contributed by atoms with Crippen molar-refractivity contribution in [3.63, 3.8) is 0 Å². The van der Waals surface area contributed by atoms with E-state index in [9.17, 15) is 10.4 Å². The molecular weight excluding hydrogens is 324 g/mol. The Morgan fingerprint density at radius 2 is 2.08 bits per heavy atom. The van der Waals surface area contributed by atoms with Gasteiger partial charge in [-0.15, -0.1) is 0 Å². The van der Waals surface area contributed by atoms with Gasteiger partial charge in [-0.3, -0.25) is 4.90 Å². The molecule has 1 saturated heterocycles. The summed E-state index contributed by atoms with van der Waals surface area (Å²) in [5.74, 6) is 0.815. The smallest absolute Gasteiger partial charge is 0.119 e. The molecule has 0 spiro atoms. The molecule has 0 saturated carbocycles. The Kier molecular flexibility index (Phi) is 3.83. The predicted molar refractivity (Wildman–Crippen MR) is 100 cm³/mol. The molecule has 3 atom stereocenters. The van der Waals surface area contributed by atoms with Crippen molar-refractivity contribution in [3.8, 4) is 11.8 Å². The van der Waals surface area contributed by atoms with E-state index in [1.165, 1.54) is 5.56 Å². The van der Waals surface area contributed by atoms with Crippen molar-refractivity contribution >= 4 is 0 Å². The number of nitrogens with zero attached hydrogens (tertiary/aromatic N) is 2. The third-order valence-electron chi connectivity index (χ3n) is 6.58. The van der Waals surface area contributed by atoms with Gasteiger partial charge >= 0.3 is 0 Å². The van der Waals surface area contributed by atoms with Crippen molar-refractivity contribution in [2.24, 2.45) is 0 Å². The number of hydrogen-bond donors (Lipinski definition) is 1. The number of fused-ring (bicyclic) bond motifs is 4. The molecule has 2 aliphatic rings. The van der Waals surface area contributed by atoms with Gasteiger partial charge in [0, 0.05) is 11.5 Å². The second-order valence-corrected chi connectivity index (χ2v) is 7.76. The van der Waals surface area contributed by atoms with E-state index in [0.717, 1.165) is 36.3 Å². The zero-order valence-electron chi connectivity index (χ0n) is 15.5. The van der Waals surface area contributed by atoms with Gasteiger partial charge in [-0.25, -0.2) is 0 Å². The standard InChI is InChI=1S/C22H24N2O2/c1-21-9-10-24(2)20(12-16-7-8-18(26-3)13-19(16)21)22(21,25)17-6-4-5-15(11-17)14-23/h4-8,11,13,20,25H,9-10,12H2,1-3H3/t20?,21-,22-/m1/s1. The van der Waals surface area contributed by atoms with E-state index in [1.807, 2.05) is 24.3 Å². The predicted octanol–water partition coefficient (Wildman–Crippen LogP) is 2.97. The van der Waals surface area contributed by atoms with Crippen LogP contribution in [0.2, 0.25) is 0 Å². The average molecular weight is 348 g/mol. The van der Waals surface area contributed by atoms with Crippen molar-refractivity contribution < 1.29 is 9.84 Å². The maximum Gasteiger partial charge on any atom is 0.119 e. The molecule has 134 valence electrons. The topological polar surface area (TPSA) is 56.5 Å². The van der Waals surface area contributed by atoms with E-state index >= 15 is 0 Å². The molecule has 4 heteroatoms. The Bertz CT molecular complexity index is 903. The summed E-state index contributed by atoms with van der Waals surface area (Å²) in [7, 11) is 3.75. The van der Waals surface area contributed by atoms with Gasteiger partial charge in [0.15, 0.2) is 0 Å². The van der Waals surface area contributed by atoms with Crippen molar-refractivity contribution in [2.45, 2.75) is 36.8 Å². The minimum Gasteiger partial charge on any atom is -0.497 e. The third kappa shape index (κ3) is 2.14. The van der Waals surface area contributed by atoms with Crippen molar-refractivity contribution in [3.05, 3.63) is 64.7 Å². The van der Waals surface area contributed by atoms with Crippen LogP contribution in [0.25, 0.3) is 0 Å². The first-order valence-electron chi connectivity index (χ1n) is 9.04. The van der Waals surface area contributed by atoms with Crippen LogP contribution in [0, 0.1) is 11.3 Å². The number of likely N-dealkylation sites (N-methyl/N-ethyl adjacent to an activating group) is 1. The fourth-order valence-corrected chi connectivity index (χ4v) is 5.00. The largest absolute Gasteiger partial charge is 0.497 e. The molecule has 26 heavy (non-hydrogen) atoms. The van der Waals surface area contributed by atoms with E-state index in [1.54, 1.807) is 13.2 Å². The summed E-state index contributed by atoms with van der Waals surface area (Å²) in [5.41, 5.74) is 2.32. The summed E-state index contributed by atoms with van der Waals surface area (Å²) >= 11 is 0. The normalized spacial score (nSPS) is 30.3. The highest BCUT2D eigenvalue weighted by Crippen LogP contribution is 2.56. The van der Waals surface area contributed by atoms with Gasteiger partial charge in [0.1, 0.15) is 11.4 Å². The molecule has 1 N–H and O–H groups in total. The lowest BCUT2D eigenvalue weighted by molar-refractivity contribution is -0.141. The SMILES string of the molecule is COc1ccc2c(c1)[C@@]1(C)CCN(C)C(C2)[C@]1(O)c1cccc(C#N)c1. The highest BCUT2D eigenvalue weighted by molar-refractivity contribution is 5.51. The van der Waals surface area contributed by atoms with E-state index < -0.39 is 11.0 Å². The van der Waals surface area contributed by atoms with E-state index in [-0.39, 0.29) is 6.04 Å². The van der Waals surface area contributed by atoms with Gasteiger partial charge < -0.3 is 9.84 Å². The Balaban J connectivity index is 1.97. The summed E-state index contributed by atoms with van der Waals surface area (Å²) in [6.45, 7) is 3.08. The number of piperidine rings is 1. The monoisotopic (exact) mass is 348 g/mol. The molecule has 0 amide bonds. The molecule has 2 aromatic carbocycles. The number of benzene rings is 2. The highest BCUT2D eigenvalue weighted by Gasteiger charge is 2.60. The lowest BCUT2D eigenvalue weighted by atomic mass is 9.53. The van der Waals surface area contributed by atoms with Gasteiger partial charge in [0.25, 0.3) is 0 Å². The van der Waals surface area contributed by atoms with Gasteiger partial charge in [-0.2, -0.15) is 5.26 Å². The Morgan fingerprint density at radius 3 is 2.81 bits per heavy atom. The second-order valence-electron chi connectivity index (χ2n) is 7.76. The summed E-state index contributed by atoms with van der Waals surface area (Å²) in [6.07, 6.45) is 1.62. The average Bonchev–Trinajstić information content (AvgIpc) is 2.67. The zero-order chi connectivity index (χ0) is 18.5. The second kappa shape index (κ2) is 5.84. The molecule has 2 bridgehead atoms. The van der Waals surface area contributed by atoms with Crippen molar-refractivity contribution in [2.75, 3.05) is 20.7 Å². The molecule has 1 unspecified atom stereocenters. The third-order valence-corrected chi connectivity index (χ3v) is 6.58. The zero-order valence-corrected chi connectivity index (χ0v) is 15.5. The van der Waals surface area contributed by atoms with Gasteiger partial charge in [-0.05, 0) is 67.4 Å². The first-order valence-corrected chi connectivity index (χ1v) is 9.04. The lowest BCUT2D eigenvalue weighted by Crippen LogP contribution is -2.67. The van der Waals surface area contributed by atoms with E-state index in [4.69, 9.17) is 4.74 Å². The molecule has 2 aromatic rings. The molecule has 1 fully saturated rings. The molecule has 1 heterocycles. The van der Waals surface area contributed by atoms with Crippen LogP contribution in [0.15, 0.2) is 42.5 Å². The van der Waals surface area contributed by atoms with Gasteiger partial charge in [-0.1, -0.05) is 25.1 Å². The van der Waals surface area contributed by atoms with Gasteiger partial charge in [0.2, 0.25) is 0 Å². The van der Waals surface area contributed by atoms with Crippen LogP contribution >= 0.6 is 0 Å². The summed E-state index contributed by atoms with van der Waals surface area (Å²) in [4.78, 5) is 2.26. The number of rotatable bonds is 2. The van der Waals surface area contributed by atoms with Crippen LogP contribution in [0.1, 0.15) is 35.6 Å². The molecule has 0 aromatic heterocycles. The molecule has 1 aliphatic carbocycles. The molecule has 1 aliphatic heterocycles. The summed E-state index contributed by atoms with van der Waals surface area (Å²) in [6, 6.07) is 15.8. The summed E-state index contributed by atoms with van der Waals surface area (Å²) in [5, 5.41) is 21.5. The summed E-state index contributed by atoms with van der Waals surface area (Å²) < 4.78 is 5.46. The number of nitriles is 1. The quantitative estimate of drug-likeness (QED) is 0.906. The van der Waals surface area contributed by atoms with Crippen LogP contribution in [-0.2, 0) is 17.4 Å². The minimum absolute atomic E-state index is 0.0314. The van der Waals surface area contributed by atoms with E-state index in [2.05, 4.69) is 37.1 Å². The Morgan fingerprint density at radius 1 is 1.27 bits per heavy atom. The number of methoxy groups -OCH3 is 1. The van der Waals surface area contributed by atoms with E-state index in [0.29, 0.717) is 5.56 Å². The van der Waals surface area contributed by atoms with Crippen LogP contribution in [0.4, 0.5) is 0 Å². The molecule has 4 rings (SSSR count). The van der Waals surface area contributed by atoms with Crippen molar-refractivity contribution in [1.82, 2.24) is 4.90 Å². The van der Waals surface area contributed by atoms with Crippen LogP contribution in [0.3, 0.4) is 0 Å². The number of hydrogen-bond acceptors (Lipinski definition) is 4. The number of ether oxygens (including phenoxy) is 1. The van der Waals surface area contributed by atoms with Crippen LogP contribution in [0.5, 0.6) is 5.75 Å². The van der Waals surface area contributed by atoms with Crippen molar-refractivity contribution in [1.29, 1.82) is 5.26 Å². The molecular formula is C22H24N2O2. The molecule has 0 radical (unpaired) electrons. The van der Waals surface area contributed by atoms with Crippen LogP contribution in [-0.4, -0.2) is 36.8 Å². The number of likely N-dealkylation sites (tertiary alicyclic amines) is 1. The first kappa shape index (κ1) is 17.1. The lowest BCUT2D eigenvalue weighted by Gasteiger charge is -2.60.